The summed E-state index contributed by atoms with van der Waals surface area (Å²) in [5.41, 5.74) is 0. The lowest BCUT2D eigenvalue weighted by atomic mass is 10.0. The number of aliphatic hydroxyl groups is 2. The lowest BCUT2D eigenvalue weighted by Crippen LogP contribution is -2.46. The molecule has 0 saturated heterocycles. The SMILES string of the molecule is CC/C=C/C=C/C=C\C=C/CCCCCC(=O)OC(CCCCC/C=C/C=C/C=C/C=C/CCCCC)CC(=O)NC(CO)C(O)CCCCCCCCCCCCCCCC. The molecule has 0 spiro atoms. The lowest BCUT2D eigenvalue weighted by molar-refractivity contribution is -0.151. The Bertz CT molecular complexity index is 1240. The molecule has 6 heteroatoms. The number of nitrogens with one attached hydrogen (secondary N) is 1. The zero-order chi connectivity index (χ0) is 45.2. The second kappa shape index (κ2) is 48.8. The van der Waals surface area contributed by atoms with E-state index < -0.39 is 18.2 Å². The van der Waals surface area contributed by atoms with Crippen molar-refractivity contribution >= 4 is 11.9 Å². The van der Waals surface area contributed by atoms with Crippen LogP contribution < -0.4 is 5.32 Å². The highest BCUT2D eigenvalue weighted by Crippen LogP contribution is 2.17. The first-order valence-electron chi connectivity index (χ1n) is 25.6. The summed E-state index contributed by atoms with van der Waals surface area (Å²) in [5.74, 6) is -0.566. The van der Waals surface area contributed by atoms with E-state index in [1.807, 2.05) is 48.6 Å². The Morgan fingerprint density at radius 3 is 1.35 bits per heavy atom. The molecule has 0 fully saturated rings. The fourth-order valence-electron chi connectivity index (χ4n) is 7.22. The van der Waals surface area contributed by atoms with Gasteiger partial charge < -0.3 is 20.3 Å². The number of ether oxygens (including phenoxy) is 1. The van der Waals surface area contributed by atoms with Gasteiger partial charge in [-0.3, -0.25) is 9.59 Å². The third kappa shape index (κ3) is 43.4. The first-order chi connectivity index (χ1) is 30.5. The van der Waals surface area contributed by atoms with Gasteiger partial charge in [-0.25, -0.2) is 0 Å². The molecule has 354 valence electrons. The number of allylic oxidation sites excluding steroid dienone is 16. The molecule has 62 heavy (non-hydrogen) atoms. The molecular formula is C56H95NO5. The Balaban J connectivity index is 4.75. The largest absolute Gasteiger partial charge is 0.462 e. The predicted molar refractivity (Wildman–Crippen MR) is 268 cm³/mol. The van der Waals surface area contributed by atoms with Crippen LogP contribution in [0.1, 0.15) is 220 Å². The Labute approximate surface area is 382 Å². The van der Waals surface area contributed by atoms with E-state index in [-0.39, 0.29) is 24.9 Å². The summed E-state index contributed by atoms with van der Waals surface area (Å²) in [6, 6.07) is -0.729. The maximum atomic E-state index is 13.2. The van der Waals surface area contributed by atoms with Crippen LogP contribution >= 0.6 is 0 Å². The smallest absolute Gasteiger partial charge is 0.306 e. The summed E-state index contributed by atoms with van der Waals surface area (Å²) in [6.45, 7) is 6.28. The molecule has 0 aromatic rings. The van der Waals surface area contributed by atoms with Crippen LogP contribution in [-0.4, -0.2) is 46.9 Å². The number of carbonyl (C=O) groups is 2. The minimum atomic E-state index is -0.811. The van der Waals surface area contributed by atoms with E-state index >= 15 is 0 Å². The lowest BCUT2D eigenvalue weighted by Gasteiger charge is -2.24. The Morgan fingerprint density at radius 2 is 0.871 bits per heavy atom. The number of aliphatic hydroxyl groups excluding tert-OH is 2. The molecule has 0 aliphatic carbocycles. The van der Waals surface area contributed by atoms with E-state index in [0.29, 0.717) is 19.3 Å². The molecule has 3 unspecified atom stereocenters. The van der Waals surface area contributed by atoms with Gasteiger partial charge in [0.15, 0.2) is 0 Å². The molecule has 0 aliphatic heterocycles. The molecule has 0 aliphatic rings. The molecule has 0 bridgehead atoms. The van der Waals surface area contributed by atoms with Crippen LogP contribution in [0.3, 0.4) is 0 Å². The molecule has 0 rings (SSSR count). The molecule has 0 aromatic heterocycles. The fraction of sp³-hybridized carbons (Fsp3) is 0.679. The normalized spacial score (nSPS) is 14.1. The molecule has 3 atom stereocenters. The van der Waals surface area contributed by atoms with Crippen LogP contribution in [0.4, 0.5) is 0 Å². The Hall–Kier alpha value is -3.22. The van der Waals surface area contributed by atoms with E-state index in [9.17, 15) is 19.8 Å². The summed E-state index contributed by atoms with van der Waals surface area (Å²) >= 11 is 0. The maximum Gasteiger partial charge on any atom is 0.306 e. The second-order valence-electron chi connectivity index (χ2n) is 17.0. The number of amides is 1. The standard InChI is InChI=1S/C56H95NO5/c1-4-7-10-13-16-19-22-25-27-28-30-32-35-38-41-44-47-52(62-56(61)49-46-43-40-37-34-29-24-21-18-15-12-9-6-3)50-55(60)57-53(51-58)54(59)48-45-42-39-36-33-31-26-23-20-17-14-11-8-5-2/h9,12,15-16,18-19,21-22,24-25,27-30,32,34,52-54,58-59H,4-8,10-11,13-14,17,20,23,26,31,33,35-51H2,1-3H3,(H,57,60)/b12-9+,18-15+,19-16+,24-21-,25-22+,28-27+,32-30+,34-29-. The van der Waals surface area contributed by atoms with Gasteiger partial charge in [-0.2, -0.15) is 0 Å². The van der Waals surface area contributed by atoms with E-state index in [4.69, 9.17) is 4.74 Å². The highest BCUT2D eigenvalue weighted by atomic mass is 16.5. The van der Waals surface area contributed by atoms with Gasteiger partial charge in [0.05, 0.1) is 25.2 Å². The van der Waals surface area contributed by atoms with Gasteiger partial charge in [-0.05, 0) is 70.6 Å². The van der Waals surface area contributed by atoms with Crippen molar-refractivity contribution in [3.63, 3.8) is 0 Å². The molecule has 0 radical (unpaired) electrons. The van der Waals surface area contributed by atoms with E-state index in [2.05, 4.69) is 74.7 Å². The fourth-order valence-corrected chi connectivity index (χ4v) is 7.22. The van der Waals surface area contributed by atoms with Crippen molar-refractivity contribution < 1.29 is 24.5 Å². The monoisotopic (exact) mass is 862 g/mol. The maximum absolute atomic E-state index is 13.2. The van der Waals surface area contributed by atoms with Crippen molar-refractivity contribution in [2.75, 3.05) is 6.61 Å². The third-order valence-corrected chi connectivity index (χ3v) is 11.1. The Morgan fingerprint density at radius 1 is 0.484 bits per heavy atom. The average Bonchev–Trinajstić information content (AvgIpc) is 3.26. The van der Waals surface area contributed by atoms with E-state index in [0.717, 1.165) is 83.5 Å². The molecule has 0 heterocycles. The number of hydrogen-bond acceptors (Lipinski definition) is 5. The van der Waals surface area contributed by atoms with Crippen LogP contribution in [0.2, 0.25) is 0 Å². The summed E-state index contributed by atoms with van der Waals surface area (Å²) in [7, 11) is 0. The van der Waals surface area contributed by atoms with E-state index in [1.54, 1.807) is 0 Å². The summed E-state index contributed by atoms with van der Waals surface area (Å²) < 4.78 is 5.89. The van der Waals surface area contributed by atoms with Crippen molar-refractivity contribution in [1.82, 2.24) is 5.32 Å². The summed E-state index contributed by atoms with van der Waals surface area (Å²) in [5, 5.41) is 23.8. The Kier molecular flexibility index (Phi) is 46.3. The van der Waals surface area contributed by atoms with Crippen LogP contribution in [0.5, 0.6) is 0 Å². The number of carbonyl (C=O) groups excluding carboxylic acids is 2. The van der Waals surface area contributed by atoms with E-state index in [1.165, 1.54) is 89.9 Å². The minimum Gasteiger partial charge on any atom is -0.462 e. The molecule has 1 amide bonds. The van der Waals surface area contributed by atoms with Crippen molar-refractivity contribution in [3.8, 4) is 0 Å². The second-order valence-corrected chi connectivity index (χ2v) is 17.0. The first kappa shape index (κ1) is 58.8. The highest BCUT2D eigenvalue weighted by Gasteiger charge is 2.24. The van der Waals surface area contributed by atoms with Gasteiger partial charge in [0.1, 0.15) is 6.10 Å². The van der Waals surface area contributed by atoms with Crippen LogP contribution in [0.15, 0.2) is 97.2 Å². The van der Waals surface area contributed by atoms with Gasteiger partial charge in [-0.15, -0.1) is 0 Å². The third-order valence-electron chi connectivity index (χ3n) is 11.1. The van der Waals surface area contributed by atoms with Crippen LogP contribution in [-0.2, 0) is 14.3 Å². The zero-order valence-corrected chi connectivity index (χ0v) is 40.2. The molecule has 3 N–H and O–H groups in total. The van der Waals surface area contributed by atoms with Crippen molar-refractivity contribution in [1.29, 1.82) is 0 Å². The minimum absolute atomic E-state index is 0.0301. The predicted octanol–water partition coefficient (Wildman–Crippen LogP) is 15.3. The molecule has 6 nitrogen and oxygen atoms in total. The first-order valence-corrected chi connectivity index (χ1v) is 25.6. The van der Waals surface area contributed by atoms with Gasteiger partial charge in [0.25, 0.3) is 0 Å². The van der Waals surface area contributed by atoms with Crippen molar-refractivity contribution in [3.05, 3.63) is 97.2 Å². The molecule has 0 aromatic carbocycles. The molecular weight excluding hydrogens is 767 g/mol. The van der Waals surface area contributed by atoms with Crippen molar-refractivity contribution in [2.45, 2.75) is 238 Å². The molecule has 0 saturated carbocycles. The summed E-state index contributed by atoms with van der Waals surface area (Å²) in [4.78, 5) is 26.1. The topological polar surface area (TPSA) is 95.9 Å². The van der Waals surface area contributed by atoms with Crippen molar-refractivity contribution in [2.24, 2.45) is 0 Å². The average molecular weight is 862 g/mol. The highest BCUT2D eigenvalue weighted by molar-refractivity contribution is 5.77. The van der Waals surface area contributed by atoms with Crippen LogP contribution in [0.25, 0.3) is 0 Å². The van der Waals surface area contributed by atoms with Gasteiger partial charge in [0.2, 0.25) is 5.91 Å². The quantitative estimate of drug-likeness (QED) is 0.0322. The zero-order valence-electron chi connectivity index (χ0n) is 40.2. The van der Waals surface area contributed by atoms with Crippen LogP contribution in [0, 0.1) is 0 Å². The van der Waals surface area contributed by atoms with Gasteiger partial charge in [0, 0.05) is 6.42 Å². The summed E-state index contributed by atoms with van der Waals surface area (Å²) in [6.07, 6.45) is 64.6. The number of rotatable bonds is 44. The number of hydrogen-bond donors (Lipinski definition) is 3. The number of unbranched alkanes of at least 4 members (excludes halogenated alkanes) is 22. The van der Waals surface area contributed by atoms with Gasteiger partial charge in [-0.1, -0.05) is 234 Å². The van der Waals surface area contributed by atoms with Gasteiger partial charge >= 0.3 is 5.97 Å². The number of esters is 1.